The fourth-order valence-corrected chi connectivity index (χ4v) is 3.69. The topological polar surface area (TPSA) is 95.6 Å². The quantitative estimate of drug-likeness (QED) is 0.702. The molecule has 0 aromatic heterocycles. The molecule has 138 valence electrons. The predicted octanol–water partition coefficient (Wildman–Crippen LogP) is 0.973. The fourth-order valence-electron chi connectivity index (χ4n) is 2.79. The maximum atomic E-state index is 12.1. The Morgan fingerprint density at radius 3 is 2.16 bits per heavy atom. The first-order chi connectivity index (χ1) is 11.8. The van der Waals surface area contributed by atoms with Gasteiger partial charge in [0.1, 0.15) is 0 Å². The van der Waals surface area contributed by atoms with Gasteiger partial charge in [-0.25, -0.2) is 12.7 Å². The highest BCUT2D eigenvalue weighted by molar-refractivity contribution is 7.89. The van der Waals surface area contributed by atoms with Crippen LogP contribution in [0.4, 0.5) is 0 Å². The molecule has 1 aromatic rings. The van der Waals surface area contributed by atoms with Crippen molar-refractivity contribution in [3.8, 4) is 0 Å². The van der Waals surface area contributed by atoms with Crippen molar-refractivity contribution in [2.75, 3.05) is 27.2 Å². The van der Waals surface area contributed by atoms with Crippen LogP contribution in [0.2, 0.25) is 0 Å². The summed E-state index contributed by atoms with van der Waals surface area (Å²) in [6.45, 7) is 0.712. The molecule has 0 radical (unpaired) electrons. The molecule has 1 saturated carbocycles. The van der Waals surface area contributed by atoms with Gasteiger partial charge in [0.05, 0.1) is 4.90 Å². The Labute approximate surface area is 148 Å². The SMILES string of the molecule is CN(C)S(=O)(=O)c1ccc(C(=O)NCCNC(=O)C2CCCC2)cc1. The van der Waals surface area contributed by atoms with Crippen molar-refractivity contribution in [3.05, 3.63) is 29.8 Å². The third-order valence-electron chi connectivity index (χ3n) is 4.33. The molecule has 7 nitrogen and oxygen atoms in total. The van der Waals surface area contributed by atoms with E-state index in [1.165, 1.54) is 38.4 Å². The Bertz CT molecular complexity index is 708. The van der Waals surface area contributed by atoms with Gasteiger partial charge >= 0.3 is 0 Å². The van der Waals surface area contributed by atoms with Crippen LogP contribution >= 0.6 is 0 Å². The lowest BCUT2D eigenvalue weighted by molar-refractivity contribution is -0.124. The molecule has 0 aliphatic heterocycles. The molecule has 25 heavy (non-hydrogen) atoms. The van der Waals surface area contributed by atoms with Crippen molar-refractivity contribution in [2.24, 2.45) is 5.92 Å². The van der Waals surface area contributed by atoms with E-state index in [2.05, 4.69) is 10.6 Å². The smallest absolute Gasteiger partial charge is 0.251 e. The second kappa shape index (κ2) is 8.44. The summed E-state index contributed by atoms with van der Waals surface area (Å²) in [4.78, 5) is 24.1. The normalized spacial score (nSPS) is 15.3. The minimum absolute atomic E-state index is 0.0602. The van der Waals surface area contributed by atoms with Gasteiger partial charge in [0.15, 0.2) is 0 Å². The molecule has 0 saturated heterocycles. The van der Waals surface area contributed by atoms with Gasteiger partial charge in [0, 0.05) is 38.7 Å². The Hall–Kier alpha value is -1.93. The number of hydrogen-bond acceptors (Lipinski definition) is 4. The molecular weight excluding hydrogens is 342 g/mol. The Kier molecular flexibility index (Phi) is 6.55. The lowest BCUT2D eigenvalue weighted by Gasteiger charge is -2.12. The first-order valence-electron chi connectivity index (χ1n) is 8.41. The van der Waals surface area contributed by atoms with E-state index in [9.17, 15) is 18.0 Å². The van der Waals surface area contributed by atoms with Crippen molar-refractivity contribution in [1.82, 2.24) is 14.9 Å². The highest BCUT2D eigenvalue weighted by Gasteiger charge is 2.22. The van der Waals surface area contributed by atoms with Gasteiger partial charge in [-0.1, -0.05) is 12.8 Å². The number of rotatable bonds is 7. The summed E-state index contributed by atoms with van der Waals surface area (Å²) in [7, 11) is -0.595. The molecule has 2 N–H and O–H groups in total. The Balaban J connectivity index is 1.80. The van der Waals surface area contributed by atoms with Crippen molar-refractivity contribution >= 4 is 21.8 Å². The largest absolute Gasteiger partial charge is 0.354 e. The monoisotopic (exact) mass is 367 g/mol. The standard InChI is InChI=1S/C17H25N3O4S/c1-20(2)25(23,24)15-9-7-14(8-10-15)17(22)19-12-11-18-16(21)13-5-3-4-6-13/h7-10,13H,3-6,11-12H2,1-2H3,(H,18,21)(H,19,22). The number of hydrogen-bond donors (Lipinski definition) is 2. The molecule has 0 heterocycles. The van der Waals surface area contributed by atoms with Crippen molar-refractivity contribution in [3.63, 3.8) is 0 Å². The number of benzene rings is 1. The molecule has 1 aliphatic rings. The molecule has 0 atom stereocenters. The van der Waals surface area contributed by atoms with E-state index < -0.39 is 10.0 Å². The lowest BCUT2D eigenvalue weighted by Crippen LogP contribution is -2.37. The summed E-state index contributed by atoms with van der Waals surface area (Å²) in [5.74, 6) is -0.129. The molecule has 0 bridgehead atoms. The highest BCUT2D eigenvalue weighted by Crippen LogP contribution is 2.24. The summed E-state index contributed by atoms with van der Waals surface area (Å²) < 4.78 is 25.1. The number of carbonyl (C=O) groups is 2. The van der Waals surface area contributed by atoms with Gasteiger partial charge in [-0.05, 0) is 37.1 Å². The summed E-state index contributed by atoms with van der Waals surface area (Å²) in [5, 5.41) is 5.55. The summed E-state index contributed by atoms with van der Waals surface area (Å²) in [6, 6.07) is 5.77. The number of amides is 2. The molecule has 0 unspecified atom stereocenters. The molecule has 8 heteroatoms. The van der Waals surface area contributed by atoms with Gasteiger partial charge in [-0.2, -0.15) is 0 Å². The zero-order valence-electron chi connectivity index (χ0n) is 14.6. The molecule has 1 fully saturated rings. The van der Waals surface area contributed by atoms with E-state index >= 15 is 0 Å². The van der Waals surface area contributed by atoms with Crippen LogP contribution in [0.5, 0.6) is 0 Å². The summed E-state index contributed by atoms with van der Waals surface area (Å²) in [6.07, 6.45) is 4.10. The average molecular weight is 367 g/mol. The first-order valence-corrected chi connectivity index (χ1v) is 9.85. The van der Waals surface area contributed by atoms with Crippen molar-refractivity contribution in [1.29, 1.82) is 0 Å². The Morgan fingerprint density at radius 1 is 1.04 bits per heavy atom. The van der Waals surface area contributed by atoms with Crippen LogP contribution in [0.25, 0.3) is 0 Å². The number of carbonyl (C=O) groups excluding carboxylic acids is 2. The van der Waals surface area contributed by atoms with E-state index in [1.54, 1.807) is 0 Å². The number of sulfonamides is 1. The van der Waals surface area contributed by atoms with E-state index in [1.807, 2.05) is 0 Å². The minimum atomic E-state index is -3.50. The van der Waals surface area contributed by atoms with Crippen LogP contribution in [0.15, 0.2) is 29.2 Å². The second-order valence-corrected chi connectivity index (χ2v) is 8.49. The minimum Gasteiger partial charge on any atom is -0.354 e. The van der Waals surface area contributed by atoms with Crippen molar-refractivity contribution in [2.45, 2.75) is 30.6 Å². The third kappa shape index (κ3) is 5.02. The zero-order valence-corrected chi connectivity index (χ0v) is 15.4. The molecule has 2 amide bonds. The molecule has 2 rings (SSSR count). The second-order valence-electron chi connectivity index (χ2n) is 6.34. The van der Waals surface area contributed by atoms with Gasteiger partial charge in [0.25, 0.3) is 5.91 Å². The number of nitrogens with one attached hydrogen (secondary N) is 2. The Morgan fingerprint density at radius 2 is 1.60 bits per heavy atom. The van der Waals surface area contributed by atoms with Crippen LogP contribution < -0.4 is 10.6 Å². The average Bonchev–Trinajstić information content (AvgIpc) is 3.13. The lowest BCUT2D eigenvalue weighted by atomic mass is 10.1. The van der Waals surface area contributed by atoms with Crippen LogP contribution in [-0.2, 0) is 14.8 Å². The van der Waals surface area contributed by atoms with E-state index in [0.717, 1.165) is 30.0 Å². The van der Waals surface area contributed by atoms with Crippen LogP contribution in [-0.4, -0.2) is 51.7 Å². The van der Waals surface area contributed by atoms with E-state index in [-0.39, 0.29) is 22.6 Å². The highest BCUT2D eigenvalue weighted by atomic mass is 32.2. The third-order valence-corrected chi connectivity index (χ3v) is 6.16. The maximum Gasteiger partial charge on any atom is 0.251 e. The molecular formula is C17H25N3O4S. The van der Waals surface area contributed by atoms with Crippen LogP contribution in [0.3, 0.4) is 0 Å². The maximum absolute atomic E-state index is 12.1. The fraction of sp³-hybridized carbons (Fsp3) is 0.529. The predicted molar refractivity (Wildman–Crippen MR) is 94.6 cm³/mol. The summed E-state index contributed by atoms with van der Waals surface area (Å²) >= 11 is 0. The zero-order chi connectivity index (χ0) is 18.4. The van der Waals surface area contributed by atoms with Gasteiger partial charge < -0.3 is 10.6 Å². The number of nitrogens with zero attached hydrogens (tertiary/aromatic N) is 1. The van der Waals surface area contributed by atoms with Gasteiger partial charge in [-0.15, -0.1) is 0 Å². The van der Waals surface area contributed by atoms with Crippen LogP contribution in [0, 0.1) is 5.92 Å². The van der Waals surface area contributed by atoms with E-state index in [4.69, 9.17) is 0 Å². The molecule has 1 aliphatic carbocycles. The van der Waals surface area contributed by atoms with Crippen LogP contribution in [0.1, 0.15) is 36.0 Å². The van der Waals surface area contributed by atoms with Gasteiger partial charge in [0.2, 0.25) is 15.9 Å². The van der Waals surface area contributed by atoms with Gasteiger partial charge in [-0.3, -0.25) is 9.59 Å². The van der Waals surface area contributed by atoms with E-state index in [0.29, 0.717) is 18.7 Å². The van der Waals surface area contributed by atoms with Crippen molar-refractivity contribution < 1.29 is 18.0 Å². The molecule has 1 aromatic carbocycles. The molecule has 0 spiro atoms. The summed E-state index contributed by atoms with van der Waals surface area (Å²) in [5.41, 5.74) is 0.375. The first kappa shape index (κ1) is 19.4.